The number of azo groups is 1. The van der Waals surface area contributed by atoms with Crippen molar-refractivity contribution in [2.75, 3.05) is 5.32 Å². The third-order valence-corrected chi connectivity index (χ3v) is 4.34. The smallest absolute Gasteiger partial charge is 0.183 e. The second kappa shape index (κ2) is 7.35. The van der Waals surface area contributed by atoms with Crippen LogP contribution in [0, 0.1) is 6.92 Å². The van der Waals surface area contributed by atoms with Crippen molar-refractivity contribution in [1.82, 2.24) is 4.98 Å². The largest absolute Gasteiger partial charge is 0.380 e. The molecule has 0 aliphatic heterocycles. The first-order valence-electron chi connectivity index (χ1n) is 7.12. The molecule has 0 saturated carbocycles. The van der Waals surface area contributed by atoms with Gasteiger partial charge in [0, 0.05) is 16.8 Å². The number of nitrogens with one attached hydrogen (secondary N) is 1. The Morgan fingerprint density at radius 2 is 1.87 bits per heavy atom. The minimum absolute atomic E-state index is 0.565. The molecule has 0 unspecified atom stereocenters. The summed E-state index contributed by atoms with van der Waals surface area (Å²) in [5.74, 6) is 0. The molecule has 0 atom stereocenters. The third kappa shape index (κ3) is 4.37. The van der Waals surface area contributed by atoms with Gasteiger partial charge in [0.15, 0.2) is 4.47 Å². The second-order valence-electron chi connectivity index (χ2n) is 4.97. The molecule has 116 valence electrons. The minimum atomic E-state index is 0.565. The molecule has 0 aliphatic carbocycles. The van der Waals surface area contributed by atoms with E-state index in [2.05, 4.69) is 20.5 Å². The van der Waals surface area contributed by atoms with Gasteiger partial charge in [-0.05, 0) is 42.8 Å². The molecule has 2 aromatic carbocycles. The quantitative estimate of drug-likeness (QED) is 0.567. The summed E-state index contributed by atoms with van der Waals surface area (Å²) in [4.78, 5) is 5.13. The molecule has 0 amide bonds. The normalized spacial score (nSPS) is 11.0. The lowest BCUT2D eigenvalue weighted by Gasteiger charge is -2.08. The van der Waals surface area contributed by atoms with Crippen LogP contribution in [0.25, 0.3) is 0 Å². The van der Waals surface area contributed by atoms with Gasteiger partial charge in [0.05, 0.1) is 17.9 Å². The maximum Gasteiger partial charge on any atom is 0.183 e. The second-order valence-corrected chi connectivity index (χ2v) is 6.67. The van der Waals surface area contributed by atoms with E-state index in [1.807, 2.05) is 55.5 Å². The summed E-state index contributed by atoms with van der Waals surface area (Å²) in [6.07, 6.45) is 1.79. The van der Waals surface area contributed by atoms with Crippen molar-refractivity contribution in [3.8, 4) is 0 Å². The highest BCUT2D eigenvalue weighted by Gasteiger charge is 2.02. The van der Waals surface area contributed by atoms with E-state index in [9.17, 15) is 0 Å². The Bertz CT molecular complexity index is 814. The van der Waals surface area contributed by atoms with E-state index in [0.29, 0.717) is 11.0 Å². The average molecular weight is 343 g/mol. The van der Waals surface area contributed by atoms with E-state index in [4.69, 9.17) is 11.6 Å². The summed E-state index contributed by atoms with van der Waals surface area (Å²) in [6.45, 7) is 2.75. The fourth-order valence-corrected chi connectivity index (χ4v) is 2.98. The van der Waals surface area contributed by atoms with Crippen molar-refractivity contribution in [1.29, 1.82) is 0 Å². The predicted molar refractivity (Wildman–Crippen MR) is 96.2 cm³/mol. The first-order chi connectivity index (χ1) is 11.2. The summed E-state index contributed by atoms with van der Waals surface area (Å²) in [6, 6.07) is 15.7. The standard InChI is InChI=1S/C17H15ClN4S/c1-12-9-14(22-21-13-5-3-2-4-6-13)7-8-16(12)19-10-15-11-20-17(18)23-15/h2-9,11,19H,10H2,1H3. The van der Waals surface area contributed by atoms with Gasteiger partial charge in [-0.3, -0.25) is 0 Å². The monoisotopic (exact) mass is 342 g/mol. The van der Waals surface area contributed by atoms with Crippen LogP contribution in [0.4, 0.5) is 17.1 Å². The van der Waals surface area contributed by atoms with Crippen LogP contribution < -0.4 is 5.32 Å². The van der Waals surface area contributed by atoms with Gasteiger partial charge >= 0.3 is 0 Å². The van der Waals surface area contributed by atoms with E-state index in [1.54, 1.807) is 6.20 Å². The fraction of sp³-hybridized carbons (Fsp3) is 0.118. The molecule has 0 spiro atoms. The third-order valence-electron chi connectivity index (χ3n) is 3.23. The Morgan fingerprint density at radius 3 is 2.57 bits per heavy atom. The van der Waals surface area contributed by atoms with Gasteiger partial charge in [-0.2, -0.15) is 10.2 Å². The molecule has 0 radical (unpaired) electrons. The lowest BCUT2D eigenvalue weighted by Crippen LogP contribution is -1.98. The number of nitrogens with zero attached hydrogens (tertiary/aromatic N) is 3. The summed E-state index contributed by atoms with van der Waals surface area (Å²) < 4.78 is 0.565. The van der Waals surface area contributed by atoms with Gasteiger partial charge in [-0.1, -0.05) is 29.8 Å². The van der Waals surface area contributed by atoms with Crippen molar-refractivity contribution >= 4 is 40.0 Å². The average Bonchev–Trinajstić information content (AvgIpc) is 2.98. The molecule has 3 aromatic rings. The van der Waals surface area contributed by atoms with Crippen molar-refractivity contribution in [3.05, 3.63) is 69.6 Å². The van der Waals surface area contributed by atoms with E-state index < -0.39 is 0 Å². The lowest BCUT2D eigenvalue weighted by molar-refractivity contribution is 1.16. The summed E-state index contributed by atoms with van der Waals surface area (Å²) in [5.41, 5.74) is 3.85. The van der Waals surface area contributed by atoms with Crippen LogP contribution in [0.1, 0.15) is 10.4 Å². The molecule has 0 fully saturated rings. The predicted octanol–water partition coefficient (Wildman–Crippen LogP) is 6.13. The minimum Gasteiger partial charge on any atom is -0.380 e. The number of thiazole rings is 1. The first kappa shape index (κ1) is 15.6. The van der Waals surface area contributed by atoms with Crippen LogP contribution in [0.15, 0.2) is 65.0 Å². The topological polar surface area (TPSA) is 49.6 Å². The number of halogens is 1. The Hall–Kier alpha value is -2.24. The van der Waals surface area contributed by atoms with Crippen LogP contribution in [0.5, 0.6) is 0 Å². The zero-order chi connectivity index (χ0) is 16.1. The highest BCUT2D eigenvalue weighted by Crippen LogP contribution is 2.25. The number of rotatable bonds is 5. The van der Waals surface area contributed by atoms with Crippen LogP contribution in [0.2, 0.25) is 4.47 Å². The van der Waals surface area contributed by atoms with E-state index in [-0.39, 0.29) is 0 Å². The van der Waals surface area contributed by atoms with E-state index in [0.717, 1.165) is 27.5 Å². The van der Waals surface area contributed by atoms with Gasteiger partial charge < -0.3 is 5.32 Å². The van der Waals surface area contributed by atoms with Gasteiger partial charge in [-0.25, -0.2) is 4.98 Å². The Balaban J connectivity index is 1.67. The van der Waals surface area contributed by atoms with Crippen LogP contribution in [-0.2, 0) is 6.54 Å². The highest BCUT2D eigenvalue weighted by atomic mass is 35.5. The Morgan fingerprint density at radius 1 is 1.09 bits per heavy atom. The van der Waals surface area contributed by atoms with Crippen molar-refractivity contribution in [2.45, 2.75) is 13.5 Å². The Kier molecular flexibility index (Phi) is 5.00. The number of anilines is 1. The van der Waals surface area contributed by atoms with Gasteiger partial charge in [0.2, 0.25) is 0 Å². The molecule has 1 heterocycles. The molecule has 4 nitrogen and oxygen atoms in total. The number of hydrogen-bond acceptors (Lipinski definition) is 5. The van der Waals surface area contributed by atoms with Gasteiger partial charge in [0.25, 0.3) is 0 Å². The molecule has 1 N–H and O–H groups in total. The van der Waals surface area contributed by atoms with Gasteiger partial charge in [0.1, 0.15) is 0 Å². The zero-order valence-corrected chi connectivity index (χ0v) is 14.1. The van der Waals surface area contributed by atoms with Crippen molar-refractivity contribution in [2.24, 2.45) is 10.2 Å². The summed E-state index contributed by atoms with van der Waals surface area (Å²) >= 11 is 7.32. The maximum absolute atomic E-state index is 5.84. The summed E-state index contributed by atoms with van der Waals surface area (Å²) in [7, 11) is 0. The van der Waals surface area contributed by atoms with Crippen molar-refractivity contribution < 1.29 is 0 Å². The highest BCUT2D eigenvalue weighted by molar-refractivity contribution is 7.15. The van der Waals surface area contributed by atoms with Gasteiger partial charge in [-0.15, -0.1) is 11.3 Å². The number of benzene rings is 2. The molecular weight excluding hydrogens is 328 g/mol. The molecule has 3 rings (SSSR count). The molecule has 6 heteroatoms. The van der Waals surface area contributed by atoms with Crippen LogP contribution >= 0.6 is 22.9 Å². The first-order valence-corrected chi connectivity index (χ1v) is 8.32. The van der Waals surface area contributed by atoms with E-state index in [1.165, 1.54) is 11.3 Å². The Labute approximate surface area is 143 Å². The number of hydrogen-bond donors (Lipinski definition) is 1. The van der Waals surface area contributed by atoms with E-state index >= 15 is 0 Å². The van der Waals surface area contributed by atoms with Crippen LogP contribution in [-0.4, -0.2) is 4.98 Å². The molecule has 0 saturated heterocycles. The number of aryl methyl sites for hydroxylation is 1. The SMILES string of the molecule is Cc1cc(N=Nc2ccccc2)ccc1NCc1cnc(Cl)s1. The molecule has 0 aliphatic rings. The number of aromatic nitrogens is 1. The molecule has 0 bridgehead atoms. The van der Waals surface area contributed by atoms with Crippen molar-refractivity contribution in [3.63, 3.8) is 0 Å². The molecule has 1 aromatic heterocycles. The molecular formula is C17H15ClN4S. The van der Waals surface area contributed by atoms with Crippen LogP contribution in [0.3, 0.4) is 0 Å². The lowest BCUT2D eigenvalue weighted by atomic mass is 10.2. The maximum atomic E-state index is 5.84. The molecule has 23 heavy (non-hydrogen) atoms. The summed E-state index contributed by atoms with van der Waals surface area (Å²) in [5, 5.41) is 11.9. The zero-order valence-electron chi connectivity index (χ0n) is 12.5. The fourth-order valence-electron chi connectivity index (χ4n) is 2.07.